The monoisotopic (exact) mass is 262 g/mol. The van der Waals surface area contributed by atoms with Crippen LogP contribution in [0.25, 0.3) is 11.0 Å². The van der Waals surface area contributed by atoms with Gasteiger partial charge in [-0.25, -0.2) is 4.39 Å². The maximum absolute atomic E-state index is 13.5. The lowest BCUT2D eigenvalue weighted by Gasteiger charge is -2.21. The van der Waals surface area contributed by atoms with Gasteiger partial charge in [0, 0.05) is 18.4 Å². The molecular weight excluding hydrogens is 247 g/mol. The lowest BCUT2D eigenvalue weighted by Crippen LogP contribution is -2.22. The molecule has 1 aliphatic rings. The number of hydrogen-bond donors (Lipinski definition) is 0. The van der Waals surface area contributed by atoms with Crippen LogP contribution >= 0.6 is 0 Å². The van der Waals surface area contributed by atoms with Crippen LogP contribution in [-0.2, 0) is 4.74 Å². The molecule has 1 aromatic heterocycles. The molecule has 1 saturated heterocycles. The van der Waals surface area contributed by atoms with Crippen molar-refractivity contribution >= 4 is 16.8 Å². The van der Waals surface area contributed by atoms with Crippen LogP contribution in [0.2, 0.25) is 0 Å². The first-order chi connectivity index (χ1) is 9.24. The summed E-state index contributed by atoms with van der Waals surface area (Å²) >= 11 is 0. The van der Waals surface area contributed by atoms with E-state index in [1.165, 1.54) is 6.07 Å². The highest BCUT2D eigenvalue weighted by Crippen LogP contribution is 2.24. The fourth-order valence-electron chi connectivity index (χ4n) is 2.44. The Bertz CT molecular complexity index is 596. The standard InChI is InChI=1S/C15H15FO3/c16-12-6-3-4-10-8-14(19-15(10)12)13(17)9-11-5-1-2-7-18-11/h3-4,6,8,11H,1-2,5,7,9H2. The van der Waals surface area contributed by atoms with E-state index < -0.39 is 5.82 Å². The lowest BCUT2D eigenvalue weighted by atomic mass is 10.0. The third-order valence-corrected chi connectivity index (χ3v) is 3.46. The first-order valence-electron chi connectivity index (χ1n) is 6.57. The number of ether oxygens (including phenoxy) is 1. The molecule has 100 valence electrons. The zero-order valence-electron chi connectivity index (χ0n) is 10.5. The molecular formula is C15H15FO3. The van der Waals surface area contributed by atoms with Gasteiger partial charge >= 0.3 is 0 Å². The van der Waals surface area contributed by atoms with Crippen LogP contribution in [0.5, 0.6) is 0 Å². The molecule has 2 heterocycles. The summed E-state index contributed by atoms with van der Waals surface area (Å²) < 4.78 is 24.3. The molecule has 1 atom stereocenters. The van der Waals surface area contributed by atoms with Crippen LogP contribution in [0, 0.1) is 5.82 Å². The largest absolute Gasteiger partial charge is 0.450 e. The van der Waals surface area contributed by atoms with Gasteiger partial charge in [0.2, 0.25) is 5.78 Å². The van der Waals surface area contributed by atoms with Gasteiger partial charge in [0.25, 0.3) is 0 Å². The van der Waals surface area contributed by atoms with Crippen molar-refractivity contribution in [3.8, 4) is 0 Å². The molecule has 0 aliphatic carbocycles. The van der Waals surface area contributed by atoms with E-state index in [4.69, 9.17) is 9.15 Å². The van der Waals surface area contributed by atoms with Gasteiger partial charge in [-0.05, 0) is 31.4 Å². The third kappa shape index (κ3) is 2.54. The fourth-order valence-corrected chi connectivity index (χ4v) is 2.44. The number of rotatable bonds is 3. The Morgan fingerprint density at radius 1 is 1.37 bits per heavy atom. The van der Waals surface area contributed by atoms with Gasteiger partial charge in [-0.2, -0.15) is 0 Å². The van der Waals surface area contributed by atoms with E-state index in [2.05, 4.69) is 0 Å². The predicted molar refractivity (Wildman–Crippen MR) is 68.7 cm³/mol. The van der Waals surface area contributed by atoms with Gasteiger partial charge in [-0.3, -0.25) is 4.79 Å². The minimum atomic E-state index is -0.439. The summed E-state index contributed by atoms with van der Waals surface area (Å²) in [6.45, 7) is 0.715. The third-order valence-electron chi connectivity index (χ3n) is 3.46. The molecule has 1 aromatic carbocycles. The predicted octanol–water partition coefficient (Wildman–Crippen LogP) is 3.71. The van der Waals surface area contributed by atoms with Crippen LogP contribution in [0.4, 0.5) is 4.39 Å². The summed E-state index contributed by atoms with van der Waals surface area (Å²) in [5.41, 5.74) is 0.149. The van der Waals surface area contributed by atoms with E-state index in [0.29, 0.717) is 18.4 Å². The maximum atomic E-state index is 13.5. The summed E-state index contributed by atoms with van der Waals surface area (Å²) in [7, 11) is 0. The van der Waals surface area contributed by atoms with E-state index in [1.54, 1.807) is 18.2 Å². The highest BCUT2D eigenvalue weighted by atomic mass is 19.1. The smallest absolute Gasteiger partial charge is 0.200 e. The average Bonchev–Trinajstić information content (AvgIpc) is 2.85. The number of Topliss-reactive ketones (excluding diaryl/α,β-unsaturated/α-hetero) is 1. The van der Waals surface area contributed by atoms with Crippen molar-refractivity contribution in [1.82, 2.24) is 0 Å². The first-order valence-corrected chi connectivity index (χ1v) is 6.57. The summed E-state index contributed by atoms with van der Waals surface area (Å²) in [5, 5.41) is 0.618. The van der Waals surface area contributed by atoms with E-state index in [-0.39, 0.29) is 23.2 Å². The van der Waals surface area contributed by atoms with Gasteiger partial charge < -0.3 is 9.15 Å². The zero-order valence-corrected chi connectivity index (χ0v) is 10.5. The Morgan fingerprint density at radius 2 is 2.26 bits per heavy atom. The SMILES string of the molecule is O=C(CC1CCCCO1)c1cc2cccc(F)c2o1. The van der Waals surface area contributed by atoms with Gasteiger partial charge in [-0.1, -0.05) is 12.1 Å². The molecule has 0 bridgehead atoms. The molecule has 1 fully saturated rings. The minimum absolute atomic E-state index is 0.0284. The number of ketones is 1. The van der Waals surface area contributed by atoms with Crippen molar-refractivity contribution < 1.29 is 18.3 Å². The van der Waals surface area contributed by atoms with Crippen molar-refractivity contribution in [3.05, 3.63) is 35.8 Å². The Hall–Kier alpha value is -1.68. The van der Waals surface area contributed by atoms with E-state index in [1.807, 2.05) is 0 Å². The topological polar surface area (TPSA) is 39.4 Å². The number of hydrogen-bond acceptors (Lipinski definition) is 3. The number of fused-ring (bicyclic) bond motifs is 1. The average molecular weight is 262 g/mol. The van der Waals surface area contributed by atoms with Gasteiger partial charge in [0.1, 0.15) is 0 Å². The second kappa shape index (κ2) is 5.13. The van der Waals surface area contributed by atoms with Crippen LogP contribution in [0.15, 0.2) is 28.7 Å². The van der Waals surface area contributed by atoms with Crippen LogP contribution < -0.4 is 0 Å². The van der Waals surface area contributed by atoms with Crippen molar-refractivity contribution in [3.63, 3.8) is 0 Å². The van der Waals surface area contributed by atoms with Crippen molar-refractivity contribution in [2.24, 2.45) is 0 Å². The summed E-state index contributed by atoms with van der Waals surface area (Å²) in [6, 6.07) is 6.26. The molecule has 2 aromatic rings. The number of para-hydroxylation sites is 1. The number of halogens is 1. The Morgan fingerprint density at radius 3 is 3.00 bits per heavy atom. The minimum Gasteiger partial charge on any atom is -0.450 e. The lowest BCUT2D eigenvalue weighted by molar-refractivity contribution is 0.0123. The number of furan rings is 1. The summed E-state index contributed by atoms with van der Waals surface area (Å²) in [6.07, 6.45) is 3.33. The molecule has 0 amide bonds. The van der Waals surface area contributed by atoms with Crippen molar-refractivity contribution in [2.45, 2.75) is 31.8 Å². The van der Waals surface area contributed by atoms with Crippen LogP contribution in [0.3, 0.4) is 0 Å². The van der Waals surface area contributed by atoms with Gasteiger partial charge in [0.15, 0.2) is 17.2 Å². The molecule has 1 aliphatic heterocycles. The molecule has 0 saturated carbocycles. The highest BCUT2D eigenvalue weighted by molar-refractivity contribution is 5.97. The quantitative estimate of drug-likeness (QED) is 0.791. The molecule has 3 rings (SSSR count). The fraction of sp³-hybridized carbons (Fsp3) is 0.400. The molecule has 19 heavy (non-hydrogen) atoms. The van der Waals surface area contributed by atoms with Gasteiger partial charge in [-0.15, -0.1) is 0 Å². The normalized spacial score (nSPS) is 19.7. The Kier molecular flexibility index (Phi) is 3.34. The molecule has 0 N–H and O–H groups in total. The number of carbonyl (C=O) groups excluding carboxylic acids is 1. The molecule has 0 spiro atoms. The van der Waals surface area contributed by atoms with Gasteiger partial charge in [0.05, 0.1) is 6.10 Å². The van der Waals surface area contributed by atoms with Crippen LogP contribution in [0.1, 0.15) is 36.2 Å². The summed E-state index contributed by atoms with van der Waals surface area (Å²) in [5.74, 6) is -0.345. The van der Waals surface area contributed by atoms with E-state index in [9.17, 15) is 9.18 Å². The van der Waals surface area contributed by atoms with Crippen LogP contribution in [-0.4, -0.2) is 18.5 Å². The van der Waals surface area contributed by atoms with E-state index in [0.717, 1.165) is 19.3 Å². The maximum Gasteiger partial charge on any atom is 0.200 e. The Labute approximate surface area is 110 Å². The van der Waals surface area contributed by atoms with Crippen molar-refractivity contribution in [2.75, 3.05) is 6.61 Å². The second-order valence-electron chi connectivity index (χ2n) is 4.88. The first kappa shape index (κ1) is 12.4. The second-order valence-corrected chi connectivity index (χ2v) is 4.88. The Balaban J connectivity index is 1.79. The van der Waals surface area contributed by atoms with E-state index >= 15 is 0 Å². The molecule has 1 unspecified atom stereocenters. The summed E-state index contributed by atoms with van der Waals surface area (Å²) in [4.78, 5) is 12.1. The zero-order chi connectivity index (χ0) is 13.2. The number of carbonyl (C=O) groups is 1. The molecule has 4 heteroatoms. The highest BCUT2D eigenvalue weighted by Gasteiger charge is 2.21. The van der Waals surface area contributed by atoms with Crippen molar-refractivity contribution in [1.29, 1.82) is 0 Å². The molecule has 0 radical (unpaired) electrons. The molecule has 3 nitrogen and oxygen atoms in total. The number of benzene rings is 1.